The molecule has 1 saturated heterocycles. The van der Waals surface area contributed by atoms with E-state index in [9.17, 15) is 9.50 Å². The van der Waals surface area contributed by atoms with E-state index >= 15 is 0 Å². The van der Waals surface area contributed by atoms with E-state index in [0.717, 1.165) is 31.9 Å². The van der Waals surface area contributed by atoms with E-state index in [1.54, 1.807) is 0 Å². The van der Waals surface area contributed by atoms with E-state index in [1.165, 1.54) is 12.1 Å². The van der Waals surface area contributed by atoms with Crippen molar-refractivity contribution >= 4 is 30.5 Å². The van der Waals surface area contributed by atoms with Crippen LogP contribution < -0.4 is 4.90 Å². The molecule has 0 amide bonds. The predicted octanol–water partition coefficient (Wildman–Crippen LogP) is 2.97. The minimum absolute atomic E-state index is 0. The number of rotatable bonds is 5. The van der Waals surface area contributed by atoms with Crippen LogP contribution in [0.4, 0.5) is 10.1 Å². The number of hydrogen-bond donors (Lipinski definition) is 1. The summed E-state index contributed by atoms with van der Waals surface area (Å²) >= 11 is 0. The van der Waals surface area contributed by atoms with Crippen LogP contribution in [-0.4, -0.2) is 61.0 Å². The molecule has 140 valence electrons. The van der Waals surface area contributed by atoms with Gasteiger partial charge in [0.1, 0.15) is 5.82 Å². The minimum atomic E-state index is -0.461. The van der Waals surface area contributed by atoms with E-state index in [0.29, 0.717) is 13.2 Å². The minimum Gasteiger partial charge on any atom is -0.389 e. The first kappa shape index (κ1) is 23.4. The van der Waals surface area contributed by atoms with Crippen LogP contribution in [0.5, 0.6) is 0 Å². The molecule has 1 N–H and O–H groups in total. The van der Waals surface area contributed by atoms with Crippen molar-refractivity contribution in [2.45, 2.75) is 32.5 Å². The number of aliphatic hydroxyl groups excluding tert-OH is 1. The molecule has 1 aromatic rings. The zero-order valence-corrected chi connectivity index (χ0v) is 16.2. The third-order valence-corrected chi connectivity index (χ3v) is 3.74. The maximum absolute atomic E-state index is 12.9. The summed E-state index contributed by atoms with van der Waals surface area (Å²) in [6, 6.07) is 6.62. The number of nitrogens with zero attached hydrogens (tertiary/aromatic N) is 2. The Labute approximate surface area is 156 Å². The molecule has 24 heavy (non-hydrogen) atoms. The summed E-state index contributed by atoms with van der Waals surface area (Å²) in [7, 11) is 0. The highest BCUT2D eigenvalue weighted by molar-refractivity contribution is 5.85. The molecule has 1 aliphatic rings. The third kappa shape index (κ3) is 7.99. The molecule has 1 unspecified atom stereocenters. The predicted molar refractivity (Wildman–Crippen MR) is 101 cm³/mol. The van der Waals surface area contributed by atoms with Crippen molar-refractivity contribution < 1.29 is 14.2 Å². The maximum atomic E-state index is 12.9. The Hall–Kier alpha value is -0.590. The van der Waals surface area contributed by atoms with Crippen LogP contribution in [0, 0.1) is 5.82 Å². The Morgan fingerprint density at radius 1 is 1.08 bits per heavy atom. The van der Waals surface area contributed by atoms with Crippen LogP contribution in [0.2, 0.25) is 0 Å². The summed E-state index contributed by atoms with van der Waals surface area (Å²) in [5.41, 5.74) is 0.833. The zero-order chi connectivity index (χ0) is 16.2. The normalized spacial score (nSPS) is 17.0. The molecule has 2 rings (SSSR count). The van der Waals surface area contributed by atoms with Crippen molar-refractivity contribution in [2.24, 2.45) is 0 Å². The summed E-state index contributed by atoms with van der Waals surface area (Å²) in [4.78, 5) is 4.49. The number of β-amino-alcohol motifs (C(OH)–C–C–N with tert-alkyl or cyclic N) is 1. The SMILES string of the molecule is CC(C)(C)OCC(O)CN1CCN(c2ccc(F)cc2)CC1.Cl.Cl. The van der Waals surface area contributed by atoms with Gasteiger partial charge in [-0.15, -0.1) is 24.8 Å². The number of ether oxygens (including phenoxy) is 1. The topological polar surface area (TPSA) is 35.9 Å². The Morgan fingerprint density at radius 2 is 1.62 bits per heavy atom. The highest BCUT2D eigenvalue weighted by Gasteiger charge is 2.21. The lowest BCUT2D eigenvalue weighted by atomic mass is 10.2. The summed E-state index contributed by atoms with van der Waals surface area (Å²) in [6.45, 7) is 10.5. The molecule has 0 radical (unpaired) electrons. The first-order chi connectivity index (χ1) is 10.3. The highest BCUT2D eigenvalue weighted by atomic mass is 35.5. The van der Waals surface area contributed by atoms with Gasteiger partial charge in [-0.2, -0.15) is 0 Å². The highest BCUT2D eigenvalue weighted by Crippen LogP contribution is 2.17. The molecule has 0 aromatic heterocycles. The molecular weight excluding hydrogens is 354 g/mol. The Morgan fingerprint density at radius 3 is 2.12 bits per heavy atom. The van der Waals surface area contributed by atoms with Gasteiger partial charge in [0, 0.05) is 38.4 Å². The standard InChI is InChI=1S/C17H27FN2O2.2ClH/c1-17(2,3)22-13-16(21)12-19-8-10-20(11-9-19)15-6-4-14(18)5-7-15;;/h4-7,16,21H,8-13H2,1-3H3;2*1H. The summed E-state index contributed by atoms with van der Waals surface area (Å²) in [5, 5.41) is 10.1. The maximum Gasteiger partial charge on any atom is 0.123 e. The fourth-order valence-corrected chi connectivity index (χ4v) is 2.54. The van der Waals surface area contributed by atoms with E-state index in [4.69, 9.17) is 4.74 Å². The molecule has 1 aliphatic heterocycles. The summed E-state index contributed by atoms with van der Waals surface area (Å²) in [5.74, 6) is -0.204. The fourth-order valence-electron chi connectivity index (χ4n) is 2.54. The molecule has 0 aliphatic carbocycles. The first-order valence-electron chi connectivity index (χ1n) is 7.88. The van der Waals surface area contributed by atoms with Crippen molar-refractivity contribution in [1.29, 1.82) is 0 Å². The molecule has 0 spiro atoms. The van der Waals surface area contributed by atoms with Gasteiger partial charge in [-0.05, 0) is 45.0 Å². The zero-order valence-electron chi connectivity index (χ0n) is 14.6. The molecule has 7 heteroatoms. The lowest BCUT2D eigenvalue weighted by Gasteiger charge is -2.37. The number of hydrogen-bond acceptors (Lipinski definition) is 4. The van der Waals surface area contributed by atoms with Crippen LogP contribution in [-0.2, 0) is 4.74 Å². The van der Waals surface area contributed by atoms with Gasteiger partial charge in [-0.1, -0.05) is 0 Å². The molecule has 1 heterocycles. The van der Waals surface area contributed by atoms with Gasteiger partial charge in [-0.3, -0.25) is 4.90 Å². The van der Waals surface area contributed by atoms with Gasteiger partial charge < -0.3 is 14.7 Å². The molecule has 4 nitrogen and oxygen atoms in total. The lowest BCUT2D eigenvalue weighted by molar-refractivity contribution is -0.0563. The lowest BCUT2D eigenvalue weighted by Crippen LogP contribution is -2.49. The number of anilines is 1. The number of aliphatic hydroxyl groups is 1. The molecule has 1 fully saturated rings. The number of piperazine rings is 1. The average Bonchev–Trinajstić information content (AvgIpc) is 2.46. The van der Waals surface area contributed by atoms with Gasteiger partial charge >= 0.3 is 0 Å². The van der Waals surface area contributed by atoms with Crippen molar-refractivity contribution in [3.05, 3.63) is 30.1 Å². The van der Waals surface area contributed by atoms with Crippen LogP contribution in [0.15, 0.2) is 24.3 Å². The van der Waals surface area contributed by atoms with E-state index in [1.807, 2.05) is 32.9 Å². The number of benzene rings is 1. The second-order valence-corrected chi connectivity index (χ2v) is 6.84. The third-order valence-electron chi connectivity index (χ3n) is 3.74. The molecule has 0 saturated carbocycles. The average molecular weight is 383 g/mol. The van der Waals surface area contributed by atoms with E-state index in [-0.39, 0.29) is 36.2 Å². The molecule has 0 bridgehead atoms. The molecule has 1 atom stereocenters. The Bertz CT molecular complexity index is 461. The van der Waals surface area contributed by atoms with Gasteiger partial charge in [0.2, 0.25) is 0 Å². The van der Waals surface area contributed by atoms with Gasteiger partial charge in [-0.25, -0.2) is 4.39 Å². The summed E-state index contributed by atoms with van der Waals surface area (Å²) < 4.78 is 18.6. The molecular formula is C17H29Cl2FN2O2. The number of halogens is 3. The Kier molecular flexibility index (Phi) is 10.2. The fraction of sp³-hybridized carbons (Fsp3) is 0.647. The second-order valence-electron chi connectivity index (χ2n) is 6.84. The van der Waals surface area contributed by atoms with Gasteiger partial charge in [0.15, 0.2) is 0 Å². The van der Waals surface area contributed by atoms with Gasteiger partial charge in [0.05, 0.1) is 18.3 Å². The van der Waals surface area contributed by atoms with Gasteiger partial charge in [0.25, 0.3) is 0 Å². The monoisotopic (exact) mass is 382 g/mol. The van der Waals surface area contributed by atoms with Crippen LogP contribution >= 0.6 is 24.8 Å². The smallest absolute Gasteiger partial charge is 0.123 e. The van der Waals surface area contributed by atoms with E-state index < -0.39 is 6.10 Å². The summed E-state index contributed by atoms with van der Waals surface area (Å²) in [6.07, 6.45) is -0.461. The van der Waals surface area contributed by atoms with Crippen molar-refractivity contribution in [3.8, 4) is 0 Å². The Balaban J connectivity index is 0.00000264. The van der Waals surface area contributed by atoms with Crippen LogP contribution in [0.25, 0.3) is 0 Å². The first-order valence-corrected chi connectivity index (χ1v) is 7.88. The van der Waals surface area contributed by atoms with Crippen LogP contribution in [0.3, 0.4) is 0 Å². The van der Waals surface area contributed by atoms with Crippen molar-refractivity contribution in [1.82, 2.24) is 4.90 Å². The molecule has 1 aromatic carbocycles. The van der Waals surface area contributed by atoms with Crippen molar-refractivity contribution in [2.75, 3.05) is 44.2 Å². The van der Waals surface area contributed by atoms with E-state index in [2.05, 4.69) is 9.80 Å². The largest absolute Gasteiger partial charge is 0.389 e. The second kappa shape index (κ2) is 10.4. The quantitative estimate of drug-likeness (QED) is 0.848. The van der Waals surface area contributed by atoms with Crippen LogP contribution in [0.1, 0.15) is 20.8 Å². The van der Waals surface area contributed by atoms with Crippen molar-refractivity contribution in [3.63, 3.8) is 0 Å².